The van der Waals surface area contributed by atoms with E-state index < -0.39 is 17.3 Å². The molecule has 0 aromatic heterocycles. The van der Waals surface area contributed by atoms with Crippen molar-refractivity contribution in [2.45, 2.75) is 64.5 Å². The van der Waals surface area contributed by atoms with Crippen molar-refractivity contribution in [1.29, 1.82) is 0 Å². The Balaban J connectivity index is 1.39. The molecule has 1 fully saturated rings. The van der Waals surface area contributed by atoms with Gasteiger partial charge in [0.25, 0.3) is 0 Å². The molecule has 5 nitrogen and oxygen atoms in total. The normalized spacial score (nSPS) is 19.3. The average Bonchev–Trinajstić information content (AvgIpc) is 2.81. The third-order valence-electron chi connectivity index (χ3n) is 6.49. The van der Waals surface area contributed by atoms with Gasteiger partial charge in [-0.25, -0.2) is 4.79 Å². The summed E-state index contributed by atoms with van der Waals surface area (Å²) in [6, 6.07) is 11.4. The monoisotopic (exact) mass is 490 g/mol. The zero-order valence-corrected chi connectivity index (χ0v) is 20.5. The van der Waals surface area contributed by atoms with Crippen LogP contribution in [0.15, 0.2) is 42.5 Å². The summed E-state index contributed by atoms with van der Waals surface area (Å²) in [6.45, 7) is 8.64. The topological polar surface area (TPSA) is 42.0 Å². The first-order chi connectivity index (χ1) is 16.5. The Morgan fingerprint density at radius 1 is 1.00 bits per heavy atom. The number of amides is 1. The number of hydrogen-bond donors (Lipinski definition) is 0. The Hall–Kier alpha value is -2.74. The number of aryl methyl sites for hydroxylation is 1. The number of halogens is 3. The van der Waals surface area contributed by atoms with Gasteiger partial charge in [-0.1, -0.05) is 18.2 Å². The van der Waals surface area contributed by atoms with Gasteiger partial charge in [-0.05, 0) is 81.0 Å². The van der Waals surface area contributed by atoms with Crippen LogP contribution >= 0.6 is 0 Å². The summed E-state index contributed by atoms with van der Waals surface area (Å²) >= 11 is 0. The van der Waals surface area contributed by atoms with E-state index in [-0.39, 0.29) is 18.7 Å². The number of ether oxygens (including phenoxy) is 2. The molecule has 0 spiro atoms. The second-order valence-electron chi connectivity index (χ2n) is 10.3. The summed E-state index contributed by atoms with van der Waals surface area (Å²) in [6.07, 6.45) is -1.44. The van der Waals surface area contributed by atoms with Gasteiger partial charge < -0.3 is 14.4 Å². The third-order valence-corrected chi connectivity index (χ3v) is 6.49. The number of carbonyl (C=O) groups is 1. The molecule has 1 amide bonds. The number of benzene rings is 2. The van der Waals surface area contributed by atoms with Gasteiger partial charge in [0.15, 0.2) is 0 Å². The lowest BCUT2D eigenvalue weighted by Gasteiger charge is -2.41. The molecule has 2 aromatic rings. The lowest BCUT2D eigenvalue weighted by molar-refractivity contribution is -0.137. The van der Waals surface area contributed by atoms with Crippen LogP contribution in [-0.2, 0) is 23.9 Å². The smallest absolute Gasteiger partial charge is 0.416 e. The molecule has 1 aliphatic heterocycles. The van der Waals surface area contributed by atoms with Crippen LogP contribution in [0.2, 0.25) is 0 Å². The number of carbonyl (C=O) groups excluding carboxylic acids is 1. The standard InChI is InChI=1S/C27H33F3N2O3/c1-26(2,3)35-25(33)32-15-13-31(14-16-32)24-6-4-5-20-9-12-22(17-23(20)24)34-18-19-7-10-21(11-8-19)27(28,29)30/h7-12,17,24H,4-6,13-16,18H2,1-3H3. The summed E-state index contributed by atoms with van der Waals surface area (Å²) in [5.41, 5.74) is 2.06. The molecule has 0 N–H and O–H groups in total. The van der Waals surface area contributed by atoms with Crippen LogP contribution in [0.1, 0.15) is 61.9 Å². The first-order valence-corrected chi connectivity index (χ1v) is 12.1. The molecule has 1 saturated heterocycles. The summed E-state index contributed by atoms with van der Waals surface area (Å²) in [5.74, 6) is 0.711. The highest BCUT2D eigenvalue weighted by Gasteiger charge is 2.32. The first-order valence-electron chi connectivity index (χ1n) is 12.1. The van der Waals surface area contributed by atoms with Crippen LogP contribution in [0, 0.1) is 0 Å². The molecule has 0 radical (unpaired) electrons. The van der Waals surface area contributed by atoms with E-state index in [1.165, 1.54) is 23.3 Å². The van der Waals surface area contributed by atoms with Crippen LogP contribution in [0.3, 0.4) is 0 Å². The Bertz CT molecular complexity index is 1020. The van der Waals surface area contributed by atoms with E-state index in [9.17, 15) is 18.0 Å². The number of fused-ring (bicyclic) bond motifs is 1. The summed E-state index contributed by atoms with van der Waals surface area (Å²) < 4.78 is 49.8. The van der Waals surface area contributed by atoms with Crippen molar-refractivity contribution in [3.8, 4) is 5.75 Å². The van der Waals surface area contributed by atoms with Gasteiger partial charge in [-0.15, -0.1) is 0 Å². The Morgan fingerprint density at radius 2 is 1.69 bits per heavy atom. The van der Waals surface area contributed by atoms with Crippen molar-refractivity contribution in [2.75, 3.05) is 26.2 Å². The number of hydrogen-bond acceptors (Lipinski definition) is 4. The maximum absolute atomic E-state index is 12.8. The summed E-state index contributed by atoms with van der Waals surface area (Å²) in [5, 5.41) is 0. The molecule has 0 saturated carbocycles. The Labute approximate surface area is 204 Å². The quantitative estimate of drug-likeness (QED) is 0.511. The molecular weight excluding hydrogens is 457 g/mol. The number of alkyl halides is 3. The van der Waals surface area contributed by atoms with E-state index in [4.69, 9.17) is 9.47 Å². The molecule has 35 heavy (non-hydrogen) atoms. The molecule has 190 valence electrons. The van der Waals surface area contributed by atoms with E-state index in [1.807, 2.05) is 26.8 Å². The zero-order chi connectivity index (χ0) is 25.2. The maximum Gasteiger partial charge on any atom is 0.416 e. The lowest BCUT2D eigenvalue weighted by atomic mass is 9.86. The SMILES string of the molecule is CC(C)(C)OC(=O)N1CCN(C2CCCc3ccc(OCc4ccc(C(F)(F)F)cc4)cc32)CC1. The van der Waals surface area contributed by atoms with E-state index in [2.05, 4.69) is 17.0 Å². The van der Waals surface area contributed by atoms with Crippen LogP contribution in [0.25, 0.3) is 0 Å². The molecule has 2 aliphatic rings. The molecule has 4 rings (SSSR count). The zero-order valence-electron chi connectivity index (χ0n) is 20.5. The molecule has 1 aliphatic carbocycles. The van der Waals surface area contributed by atoms with E-state index in [1.54, 1.807) is 4.90 Å². The summed E-state index contributed by atoms with van der Waals surface area (Å²) in [7, 11) is 0. The highest BCUT2D eigenvalue weighted by Crippen LogP contribution is 2.37. The first kappa shape index (κ1) is 25.4. The Morgan fingerprint density at radius 3 is 2.31 bits per heavy atom. The van der Waals surface area contributed by atoms with E-state index in [0.717, 1.165) is 44.5 Å². The van der Waals surface area contributed by atoms with Gasteiger partial charge >= 0.3 is 12.3 Å². The molecular formula is C27H33F3N2O3. The fraction of sp³-hybridized carbons (Fsp3) is 0.519. The Kier molecular flexibility index (Phi) is 7.31. The van der Waals surface area contributed by atoms with Crippen LogP contribution < -0.4 is 4.74 Å². The minimum atomic E-state index is -4.34. The predicted octanol–water partition coefficient (Wildman–Crippen LogP) is 6.21. The largest absolute Gasteiger partial charge is 0.489 e. The summed E-state index contributed by atoms with van der Waals surface area (Å²) in [4.78, 5) is 16.6. The van der Waals surface area contributed by atoms with Gasteiger partial charge in [0.1, 0.15) is 18.0 Å². The molecule has 1 heterocycles. The number of piperazine rings is 1. The van der Waals surface area contributed by atoms with Crippen molar-refractivity contribution in [3.05, 3.63) is 64.7 Å². The molecule has 8 heteroatoms. The predicted molar refractivity (Wildman–Crippen MR) is 127 cm³/mol. The van der Waals surface area contributed by atoms with Crippen molar-refractivity contribution < 1.29 is 27.4 Å². The molecule has 0 bridgehead atoms. The average molecular weight is 491 g/mol. The highest BCUT2D eigenvalue weighted by molar-refractivity contribution is 5.68. The molecule has 1 atom stereocenters. The van der Waals surface area contributed by atoms with Crippen molar-refractivity contribution in [1.82, 2.24) is 9.80 Å². The van der Waals surface area contributed by atoms with Gasteiger partial charge in [-0.2, -0.15) is 13.2 Å². The minimum Gasteiger partial charge on any atom is -0.489 e. The second kappa shape index (κ2) is 10.1. The second-order valence-corrected chi connectivity index (χ2v) is 10.3. The minimum absolute atomic E-state index is 0.205. The van der Waals surface area contributed by atoms with Crippen LogP contribution in [0.4, 0.5) is 18.0 Å². The third kappa shape index (κ3) is 6.48. The van der Waals surface area contributed by atoms with Crippen LogP contribution in [0.5, 0.6) is 5.75 Å². The lowest BCUT2D eigenvalue weighted by Crippen LogP contribution is -2.51. The number of rotatable bonds is 4. The van der Waals surface area contributed by atoms with Crippen molar-refractivity contribution in [2.24, 2.45) is 0 Å². The van der Waals surface area contributed by atoms with E-state index in [0.29, 0.717) is 24.4 Å². The van der Waals surface area contributed by atoms with Crippen molar-refractivity contribution in [3.63, 3.8) is 0 Å². The highest BCUT2D eigenvalue weighted by atomic mass is 19.4. The fourth-order valence-electron chi connectivity index (χ4n) is 4.72. The van der Waals surface area contributed by atoms with Crippen molar-refractivity contribution >= 4 is 6.09 Å². The van der Waals surface area contributed by atoms with E-state index >= 15 is 0 Å². The van der Waals surface area contributed by atoms with Gasteiger partial charge in [0.2, 0.25) is 0 Å². The van der Waals surface area contributed by atoms with Gasteiger partial charge in [0, 0.05) is 32.2 Å². The fourth-order valence-corrected chi connectivity index (χ4v) is 4.72. The van der Waals surface area contributed by atoms with Gasteiger partial charge in [0.05, 0.1) is 5.56 Å². The molecule has 2 aromatic carbocycles. The number of nitrogens with zero attached hydrogens (tertiary/aromatic N) is 2. The van der Waals surface area contributed by atoms with Crippen LogP contribution in [-0.4, -0.2) is 47.7 Å². The van der Waals surface area contributed by atoms with Gasteiger partial charge in [-0.3, -0.25) is 4.90 Å². The maximum atomic E-state index is 12.8. The molecule has 1 unspecified atom stereocenters.